The Morgan fingerprint density at radius 3 is 2.64 bits per heavy atom. The first-order chi connectivity index (χ1) is 10.6. The van der Waals surface area contributed by atoms with Gasteiger partial charge >= 0.3 is 0 Å². The predicted molar refractivity (Wildman–Crippen MR) is 82.1 cm³/mol. The summed E-state index contributed by atoms with van der Waals surface area (Å²) in [7, 11) is -1.97. The highest BCUT2D eigenvalue weighted by Gasteiger charge is 2.35. The first-order valence-corrected chi connectivity index (χ1v) is 8.72. The molecule has 2 aromatic rings. The Morgan fingerprint density at radius 2 is 2.00 bits per heavy atom. The highest BCUT2D eigenvalue weighted by molar-refractivity contribution is 7.89. The number of sulfonamides is 1. The minimum absolute atomic E-state index is 0.177. The molecule has 0 saturated carbocycles. The van der Waals surface area contributed by atoms with Crippen molar-refractivity contribution in [3.63, 3.8) is 0 Å². The topological polar surface area (TPSA) is 75.3 Å². The molecule has 118 valence electrons. The SMILES string of the molecule is COc1ccc(S(=O)(=O)N2CCCCC2c2ccn[nH]2)cc1. The largest absolute Gasteiger partial charge is 0.497 e. The van der Waals surface area contributed by atoms with E-state index in [4.69, 9.17) is 4.74 Å². The van der Waals surface area contributed by atoms with E-state index in [9.17, 15) is 8.42 Å². The van der Waals surface area contributed by atoms with Gasteiger partial charge < -0.3 is 4.74 Å². The van der Waals surface area contributed by atoms with Gasteiger partial charge in [0.25, 0.3) is 0 Å². The summed E-state index contributed by atoms with van der Waals surface area (Å²) in [6.45, 7) is 0.526. The fourth-order valence-corrected chi connectivity index (χ4v) is 4.51. The van der Waals surface area contributed by atoms with E-state index < -0.39 is 10.0 Å². The number of piperidine rings is 1. The molecule has 0 amide bonds. The molecule has 3 rings (SSSR count). The van der Waals surface area contributed by atoms with Crippen LogP contribution in [0.25, 0.3) is 0 Å². The molecule has 1 unspecified atom stereocenters. The Balaban J connectivity index is 1.94. The molecule has 0 bridgehead atoms. The van der Waals surface area contributed by atoms with Gasteiger partial charge in [-0.2, -0.15) is 9.40 Å². The van der Waals surface area contributed by atoms with Crippen molar-refractivity contribution in [2.75, 3.05) is 13.7 Å². The van der Waals surface area contributed by atoms with Crippen LogP contribution >= 0.6 is 0 Å². The van der Waals surface area contributed by atoms with Gasteiger partial charge in [-0.05, 0) is 43.2 Å². The van der Waals surface area contributed by atoms with Crippen LogP contribution in [0.4, 0.5) is 0 Å². The van der Waals surface area contributed by atoms with Crippen molar-refractivity contribution in [3.05, 3.63) is 42.2 Å². The van der Waals surface area contributed by atoms with E-state index in [0.29, 0.717) is 17.2 Å². The van der Waals surface area contributed by atoms with E-state index in [-0.39, 0.29) is 6.04 Å². The van der Waals surface area contributed by atoms with E-state index in [1.165, 1.54) is 0 Å². The van der Waals surface area contributed by atoms with E-state index >= 15 is 0 Å². The molecule has 1 aromatic heterocycles. The number of rotatable bonds is 4. The molecular weight excluding hydrogens is 302 g/mol. The predicted octanol–water partition coefficient (Wildman–Crippen LogP) is 2.33. The minimum Gasteiger partial charge on any atom is -0.497 e. The molecule has 7 heteroatoms. The molecule has 1 N–H and O–H groups in total. The van der Waals surface area contributed by atoms with Crippen LogP contribution in [0.3, 0.4) is 0 Å². The fourth-order valence-electron chi connectivity index (χ4n) is 2.84. The van der Waals surface area contributed by atoms with Crippen LogP contribution in [0.15, 0.2) is 41.4 Å². The lowest BCUT2D eigenvalue weighted by molar-refractivity contribution is 0.251. The molecule has 0 aliphatic carbocycles. The number of ether oxygens (including phenoxy) is 1. The maximum Gasteiger partial charge on any atom is 0.243 e. The lowest BCUT2D eigenvalue weighted by Crippen LogP contribution is -2.38. The van der Waals surface area contributed by atoms with Crippen LogP contribution in [-0.2, 0) is 10.0 Å². The summed E-state index contributed by atoms with van der Waals surface area (Å²) < 4.78 is 32.5. The third kappa shape index (κ3) is 2.74. The van der Waals surface area contributed by atoms with E-state index in [1.807, 2.05) is 6.07 Å². The van der Waals surface area contributed by atoms with E-state index in [2.05, 4.69) is 10.2 Å². The summed E-state index contributed by atoms with van der Waals surface area (Å²) in [4.78, 5) is 0.291. The smallest absolute Gasteiger partial charge is 0.243 e. The number of benzene rings is 1. The second-order valence-electron chi connectivity index (χ2n) is 5.31. The average Bonchev–Trinajstić information content (AvgIpc) is 3.09. The monoisotopic (exact) mass is 321 g/mol. The van der Waals surface area contributed by atoms with Crippen LogP contribution in [0.2, 0.25) is 0 Å². The Kier molecular flexibility index (Phi) is 4.17. The van der Waals surface area contributed by atoms with E-state index in [1.54, 1.807) is 41.9 Å². The number of aromatic amines is 1. The van der Waals surface area contributed by atoms with Gasteiger partial charge in [0.05, 0.1) is 23.7 Å². The second-order valence-corrected chi connectivity index (χ2v) is 7.21. The van der Waals surface area contributed by atoms with Crippen molar-refractivity contribution in [1.82, 2.24) is 14.5 Å². The number of methoxy groups -OCH3 is 1. The standard InChI is InChI=1S/C15H19N3O3S/c1-21-12-5-7-13(8-6-12)22(19,20)18-11-3-2-4-15(18)14-9-10-16-17-14/h5-10,15H,2-4,11H2,1H3,(H,16,17). The molecule has 1 fully saturated rings. The van der Waals surface area contributed by atoms with Crippen LogP contribution in [-0.4, -0.2) is 36.6 Å². The van der Waals surface area contributed by atoms with Crippen molar-refractivity contribution in [2.24, 2.45) is 0 Å². The number of aromatic nitrogens is 2. The molecule has 6 nitrogen and oxygen atoms in total. The summed E-state index contributed by atoms with van der Waals surface area (Å²) in [6, 6.07) is 8.18. The highest BCUT2D eigenvalue weighted by Crippen LogP contribution is 2.34. The third-order valence-electron chi connectivity index (χ3n) is 4.00. The molecule has 0 spiro atoms. The van der Waals surface area contributed by atoms with Gasteiger partial charge in [-0.1, -0.05) is 6.42 Å². The van der Waals surface area contributed by atoms with Crippen LogP contribution in [0, 0.1) is 0 Å². The van der Waals surface area contributed by atoms with Crippen molar-refractivity contribution < 1.29 is 13.2 Å². The fraction of sp³-hybridized carbons (Fsp3) is 0.400. The number of hydrogen-bond donors (Lipinski definition) is 1. The normalized spacial score (nSPS) is 20.0. The third-order valence-corrected chi connectivity index (χ3v) is 5.92. The summed E-state index contributed by atoms with van der Waals surface area (Å²) in [5.74, 6) is 0.641. The summed E-state index contributed by atoms with van der Waals surface area (Å²) in [6.07, 6.45) is 4.35. The Hall–Kier alpha value is -1.86. The van der Waals surface area contributed by atoms with Gasteiger partial charge in [0.1, 0.15) is 5.75 Å². The molecule has 1 atom stereocenters. The lowest BCUT2D eigenvalue weighted by atomic mass is 10.0. The van der Waals surface area contributed by atoms with Crippen LogP contribution in [0.5, 0.6) is 5.75 Å². The summed E-state index contributed by atoms with van der Waals surface area (Å²) in [5, 5.41) is 6.85. The van der Waals surface area contributed by atoms with Gasteiger partial charge in [0.2, 0.25) is 10.0 Å². The Morgan fingerprint density at radius 1 is 1.23 bits per heavy atom. The number of nitrogens with zero attached hydrogens (tertiary/aromatic N) is 2. The second kappa shape index (κ2) is 6.10. The zero-order valence-corrected chi connectivity index (χ0v) is 13.2. The molecule has 1 aliphatic rings. The van der Waals surface area contributed by atoms with Gasteiger partial charge in [0.15, 0.2) is 0 Å². The molecule has 0 radical (unpaired) electrons. The number of nitrogens with one attached hydrogen (secondary N) is 1. The summed E-state index contributed by atoms with van der Waals surface area (Å²) in [5.41, 5.74) is 0.844. The lowest BCUT2D eigenvalue weighted by Gasteiger charge is -2.34. The molecular formula is C15H19N3O3S. The maximum absolute atomic E-state index is 12.9. The van der Waals surface area contributed by atoms with Gasteiger partial charge in [-0.25, -0.2) is 8.42 Å². The maximum atomic E-state index is 12.9. The van der Waals surface area contributed by atoms with Gasteiger partial charge in [-0.3, -0.25) is 5.10 Å². The molecule has 2 heterocycles. The van der Waals surface area contributed by atoms with Gasteiger partial charge in [-0.15, -0.1) is 0 Å². The number of H-pyrrole nitrogens is 1. The molecule has 1 aliphatic heterocycles. The van der Waals surface area contributed by atoms with Crippen molar-refractivity contribution in [3.8, 4) is 5.75 Å². The van der Waals surface area contributed by atoms with E-state index in [0.717, 1.165) is 25.0 Å². The first-order valence-electron chi connectivity index (χ1n) is 7.28. The Labute approximate surface area is 130 Å². The molecule has 1 saturated heterocycles. The van der Waals surface area contributed by atoms with Gasteiger partial charge in [0, 0.05) is 12.7 Å². The van der Waals surface area contributed by atoms with Crippen LogP contribution < -0.4 is 4.74 Å². The molecule has 22 heavy (non-hydrogen) atoms. The van der Waals surface area contributed by atoms with Crippen molar-refractivity contribution in [1.29, 1.82) is 0 Å². The first kappa shape index (κ1) is 15.1. The zero-order chi connectivity index (χ0) is 15.6. The van der Waals surface area contributed by atoms with Crippen molar-refractivity contribution in [2.45, 2.75) is 30.2 Å². The number of hydrogen-bond acceptors (Lipinski definition) is 4. The summed E-state index contributed by atoms with van der Waals surface area (Å²) >= 11 is 0. The minimum atomic E-state index is -3.53. The highest BCUT2D eigenvalue weighted by atomic mass is 32.2. The molecule has 1 aromatic carbocycles. The Bertz CT molecular complexity index is 711. The van der Waals surface area contributed by atoms with Crippen LogP contribution in [0.1, 0.15) is 31.0 Å². The van der Waals surface area contributed by atoms with Crippen molar-refractivity contribution >= 4 is 10.0 Å². The average molecular weight is 321 g/mol. The quantitative estimate of drug-likeness (QED) is 0.938. The zero-order valence-electron chi connectivity index (χ0n) is 12.4.